The predicted molar refractivity (Wildman–Crippen MR) is 268 cm³/mol. The maximum Gasteiger partial charge on any atom is 0.220 e. The molecule has 0 bridgehead atoms. The second-order valence-electron chi connectivity index (χ2n) is 20.1. The van der Waals surface area contributed by atoms with Gasteiger partial charge in [0, 0.05) is 6.42 Å². The molecule has 0 spiro atoms. The van der Waals surface area contributed by atoms with Crippen molar-refractivity contribution in [1.82, 2.24) is 5.32 Å². The third kappa shape index (κ3) is 35.3. The van der Waals surface area contributed by atoms with Crippen LogP contribution in [0.4, 0.5) is 0 Å². The molecule has 0 radical (unpaired) electrons. The van der Waals surface area contributed by atoms with Gasteiger partial charge in [0.25, 0.3) is 0 Å². The highest BCUT2D eigenvalue weighted by atomic mass is 16.7. The van der Waals surface area contributed by atoms with E-state index in [4.69, 9.17) is 9.47 Å². The van der Waals surface area contributed by atoms with Crippen LogP contribution < -0.4 is 5.32 Å². The Morgan fingerprint density at radius 1 is 0.469 bits per heavy atom. The Labute approximate surface area is 395 Å². The van der Waals surface area contributed by atoms with Crippen molar-refractivity contribution < 1.29 is 39.8 Å². The van der Waals surface area contributed by atoms with E-state index in [9.17, 15) is 30.3 Å². The Morgan fingerprint density at radius 3 is 1.11 bits per heavy atom. The molecule has 0 aromatic rings. The van der Waals surface area contributed by atoms with Gasteiger partial charge in [-0.3, -0.25) is 4.79 Å². The molecule has 382 valence electrons. The number of hydrogen-bond acceptors (Lipinski definition) is 8. The van der Waals surface area contributed by atoms with Crippen molar-refractivity contribution >= 4 is 5.91 Å². The van der Waals surface area contributed by atoms with E-state index in [0.29, 0.717) is 12.8 Å². The number of hydrogen-bond donors (Lipinski definition) is 6. The van der Waals surface area contributed by atoms with Crippen LogP contribution in [0.2, 0.25) is 0 Å². The fourth-order valence-corrected chi connectivity index (χ4v) is 9.46. The number of ether oxygens (including phenoxy) is 2. The highest BCUT2D eigenvalue weighted by Gasteiger charge is 2.44. The van der Waals surface area contributed by atoms with E-state index in [-0.39, 0.29) is 12.5 Å². The molecule has 7 unspecified atom stereocenters. The van der Waals surface area contributed by atoms with Crippen LogP contribution in [0.25, 0.3) is 0 Å². The van der Waals surface area contributed by atoms with Crippen LogP contribution in [-0.4, -0.2) is 87.5 Å². The normalized spacial score (nSPS) is 19.9. The summed E-state index contributed by atoms with van der Waals surface area (Å²) in [5.41, 5.74) is 0. The fraction of sp³-hybridized carbons (Fsp3) is 0.982. The third-order valence-corrected chi connectivity index (χ3v) is 14.0. The lowest BCUT2D eigenvalue weighted by Crippen LogP contribution is -2.60. The lowest BCUT2D eigenvalue weighted by molar-refractivity contribution is -0.302. The Kier molecular flexibility index (Phi) is 43.9. The molecule has 64 heavy (non-hydrogen) atoms. The minimum Gasteiger partial charge on any atom is -0.394 e. The molecule has 1 aliphatic rings. The molecule has 1 fully saturated rings. The number of aliphatic hydroxyl groups is 5. The first-order chi connectivity index (χ1) is 31.3. The summed E-state index contributed by atoms with van der Waals surface area (Å²) < 4.78 is 11.3. The molecule has 7 atom stereocenters. The number of nitrogens with one attached hydrogen (secondary N) is 1. The molecule has 1 saturated heterocycles. The van der Waals surface area contributed by atoms with Gasteiger partial charge >= 0.3 is 0 Å². The van der Waals surface area contributed by atoms with Crippen molar-refractivity contribution in [3.8, 4) is 0 Å². The van der Waals surface area contributed by atoms with Gasteiger partial charge < -0.3 is 40.3 Å². The minimum atomic E-state index is -1.55. The van der Waals surface area contributed by atoms with Gasteiger partial charge in [-0.05, 0) is 12.8 Å². The monoisotopic (exact) mass is 912 g/mol. The summed E-state index contributed by atoms with van der Waals surface area (Å²) in [4.78, 5) is 13.0. The van der Waals surface area contributed by atoms with E-state index in [1.807, 2.05) is 0 Å². The Hall–Kier alpha value is -0.810. The van der Waals surface area contributed by atoms with E-state index < -0.39 is 49.5 Å². The van der Waals surface area contributed by atoms with Gasteiger partial charge in [-0.25, -0.2) is 0 Å². The van der Waals surface area contributed by atoms with Crippen LogP contribution in [0.5, 0.6) is 0 Å². The third-order valence-electron chi connectivity index (χ3n) is 14.0. The molecule has 0 aromatic heterocycles. The summed E-state index contributed by atoms with van der Waals surface area (Å²) >= 11 is 0. The zero-order valence-electron chi connectivity index (χ0n) is 42.3. The Balaban J connectivity index is 2.16. The largest absolute Gasteiger partial charge is 0.394 e. The molecule has 1 heterocycles. The zero-order valence-corrected chi connectivity index (χ0v) is 42.3. The van der Waals surface area contributed by atoms with Crippen LogP contribution in [0.3, 0.4) is 0 Å². The summed E-state index contributed by atoms with van der Waals surface area (Å²) in [6, 6.07) is -0.712. The second kappa shape index (κ2) is 45.9. The van der Waals surface area contributed by atoms with Crippen molar-refractivity contribution in [3.63, 3.8) is 0 Å². The number of unbranched alkanes of at least 4 members (excludes halogenated alkanes) is 39. The number of carbonyl (C=O) groups is 1. The summed E-state index contributed by atoms with van der Waals surface area (Å²) in [6.45, 7) is 3.87. The van der Waals surface area contributed by atoms with Crippen molar-refractivity contribution in [3.05, 3.63) is 0 Å². The highest BCUT2D eigenvalue weighted by Crippen LogP contribution is 2.23. The number of rotatable bonds is 49. The van der Waals surface area contributed by atoms with Gasteiger partial charge in [0.1, 0.15) is 24.4 Å². The van der Waals surface area contributed by atoms with E-state index in [2.05, 4.69) is 19.2 Å². The molecular formula is C55H109NO8. The first-order valence-electron chi connectivity index (χ1n) is 28.2. The smallest absolute Gasteiger partial charge is 0.220 e. The predicted octanol–water partition coefficient (Wildman–Crippen LogP) is 13.5. The maximum atomic E-state index is 13.0. The fourth-order valence-electron chi connectivity index (χ4n) is 9.46. The van der Waals surface area contributed by atoms with Crippen LogP contribution in [-0.2, 0) is 14.3 Å². The standard InChI is InChI=1S/C55H109NO8/c1-3-5-7-9-11-13-15-17-19-20-21-22-23-24-25-26-27-28-29-30-31-32-34-36-38-40-42-44-49(58)48(47-63-55-54(62)53(61)52(60)50(46-57)64-55)56-51(59)45-43-41-39-37-35-33-18-16-14-12-10-8-6-4-2/h48-50,52-55,57-58,60-62H,3-47H2,1-2H3,(H,56,59). The van der Waals surface area contributed by atoms with Crippen molar-refractivity contribution in [2.45, 2.75) is 333 Å². The second-order valence-corrected chi connectivity index (χ2v) is 20.1. The number of aliphatic hydroxyl groups excluding tert-OH is 5. The SMILES string of the molecule is CCCCCCCCCCCCCCCCCCCCCCCCCCCCCC(O)C(COC1OC(CO)C(O)C(O)C1O)NC(=O)CCCCCCCCCCCCCCCC. The zero-order chi connectivity index (χ0) is 46.6. The van der Waals surface area contributed by atoms with Crippen LogP contribution >= 0.6 is 0 Å². The molecule has 1 amide bonds. The molecule has 0 saturated carbocycles. The van der Waals surface area contributed by atoms with E-state index in [0.717, 1.165) is 38.5 Å². The first kappa shape index (κ1) is 61.2. The number of amides is 1. The summed E-state index contributed by atoms with van der Waals surface area (Å²) in [5, 5.41) is 54.6. The van der Waals surface area contributed by atoms with Gasteiger partial charge in [-0.1, -0.05) is 271 Å². The van der Waals surface area contributed by atoms with Gasteiger partial charge in [0.15, 0.2) is 6.29 Å². The molecule has 0 aliphatic carbocycles. The summed E-state index contributed by atoms with van der Waals surface area (Å²) in [6.07, 6.45) is 47.1. The van der Waals surface area contributed by atoms with E-state index >= 15 is 0 Å². The summed E-state index contributed by atoms with van der Waals surface area (Å²) in [7, 11) is 0. The van der Waals surface area contributed by atoms with Gasteiger partial charge in [0.2, 0.25) is 5.91 Å². The van der Waals surface area contributed by atoms with Crippen LogP contribution in [0.1, 0.15) is 290 Å². The van der Waals surface area contributed by atoms with Crippen LogP contribution in [0, 0.1) is 0 Å². The molecular weight excluding hydrogens is 803 g/mol. The lowest BCUT2D eigenvalue weighted by Gasteiger charge is -2.40. The number of carbonyl (C=O) groups excluding carboxylic acids is 1. The molecule has 9 heteroatoms. The molecule has 1 aliphatic heterocycles. The van der Waals surface area contributed by atoms with E-state index in [1.165, 1.54) is 225 Å². The Morgan fingerprint density at radius 2 is 0.781 bits per heavy atom. The molecule has 9 nitrogen and oxygen atoms in total. The van der Waals surface area contributed by atoms with Gasteiger partial charge in [-0.15, -0.1) is 0 Å². The van der Waals surface area contributed by atoms with Crippen molar-refractivity contribution in [1.29, 1.82) is 0 Å². The van der Waals surface area contributed by atoms with Crippen molar-refractivity contribution in [2.24, 2.45) is 0 Å². The average Bonchev–Trinajstić information content (AvgIpc) is 3.29. The summed E-state index contributed by atoms with van der Waals surface area (Å²) in [5.74, 6) is -0.138. The van der Waals surface area contributed by atoms with Crippen LogP contribution in [0.15, 0.2) is 0 Å². The Bertz CT molecular complexity index is 970. The maximum absolute atomic E-state index is 13.0. The molecule has 1 rings (SSSR count). The highest BCUT2D eigenvalue weighted by molar-refractivity contribution is 5.76. The van der Waals surface area contributed by atoms with Crippen molar-refractivity contribution in [2.75, 3.05) is 13.2 Å². The molecule has 0 aromatic carbocycles. The average molecular weight is 912 g/mol. The van der Waals surface area contributed by atoms with Gasteiger partial charge in [0.05, 0.1) is 25.4 Å². The lowest BCUT2D eigenvalue weighted by atomic mass is 9.99. The topological polar surface area (TPSA) is 149 Å². The quantitative estimate of drug-likeness (QED) is 0.0331. The van der Waals surface area contributed by atoms with E-state index in [1.54, 1.807) is 0 Å². The molecule has 6 N–H and O–H groups in total. The van der Waals surface area contributed by atoms with Gasteiger partial charge in [-0.2, -0.15) is 0 Å². The first-order valence-corrected chi connectivity index (χ1v) is 28.2. The minimum absolute atomic E-state index is 0.131.